The Morgan fingerprint density at radius 3 is 2.65 bits per heavy atom. The van der Waals surface area contributed by atoms with Crippen molar-refractivity contribution in [2.45, 2.75) is 31.6 Å². The van der Waals surface area contributed by atoms with Crippen LogP contribution >= 0.6 is 11.3 Å². The molecular weight excluding hydrogens is 348 g/mol. The lowest BCUT2D eigenvalue weighted by Gasteiger charge is -2.37. The Hall–Kier alpha value is -2.15. The van der Waals surface area contributed by atoms with Crippen LogP contribution in [0.4, 0.5) is 4.79 Å². The first kappa shape index (κ1) is 17.3. The molecule has 1 aromatic heterocycles. The summed E-state index contributed by atoms with van der Waals surface area (Å²) in [6, 6.07) is 7.77. The number of primary amides is 1. The minimum atomic E-state index is -0.423. The fourth-order valence-corrected chi connectivity index (χ4v) is 5.17. The van der Waals surface area contributed by atoms with Gasteiger partial charge < -0.3 is 15.5 Å². The normalized spacial score (nSPS) is 24.0. The van der Waals surface area contributed by atoms with E-state index in [1.54, 1.807) is 16.2 Å². The van der Waals surface area contributed by atoms with E-state index in [1.165, 1.54) is 4.70 Å². The maximum atomic E-state index is 13.0. The first-order valence-corrected chi connectivity index (χ1v) is 10.1. The minimum Gasteiger partial charge on any atom is -0.351 e. The topological polar surface area (TPSA) is 79.5 Å². The van der Waals surface area contributed by atoms with Crippen LogP contribution < -0.4 is 5.73 Å². The zero-order valence-electron chi connectivity index (χ0n) is 14.8. The first-order chi connectivity index (χ1) is 12.6. The summed E-state index contributed by atoms with van der Waals surface area (Å²) >= 11 is 1.74. The lowest BCUT2D eigenvalue weighted by Crippen LogP contribution is -2.50. The Morgan fingerprint density at radius 1 is 1.08 bits per heavy atom. The average Bonchev–Trinajstić information content (AvgIpc) is 3.12. The van der Waals surface area contributed by atoms with Gasteiger partial charge in [-0.2, -0.15) is 0 Å². The van der Waals surface area contributed by atoms with Crippen LogP contribution in [0, 0.1) is 5.92 Å². The summed E-state index contributed by atoms with van der Waals surface area (Å²) in [7, 11) is 0. The van der Waals surface area contributed by atoms with E-state index in [1.807, 2.05) is 23.1 Å². The van der Waals surface area contributed by atoms with Crippen molar-refractivity contribution in [2.24, 2.45) is 11.7 Å². The molecule has 0 spiro atoms. The maximum absolute atomic E-state index is 13.0. The van der Waals surface area contributed by atoms with Crippen LogP contribution in [0.5, 0.6) is 0 Å². The second kappa shape index (κ2) is 7.23. The second-order valence-electron chi connectivity index (χ2n) is 7.27. The lowest BCUT2D eigenvalue weighted by molar-refractivity contribution is -0.138. The number of hydrogen-bond acceptors (Lipinski definition) is 4. The molecule has 3 amide bonds. The van der Waals surface area contributed by atoms with Gasteiger partial charge in [0.15, 0.2) is 0 Å². The van der Waals surface area contributed by atoms with Crippen LogP contribution in [-0.2, 0) is 4.79 Å². The number of amides is 3. The third kappa shape index (κ3) is 3.40. The standard InChI is InChI=1S/C19H24N4O2S/c20-19(25)23-10-4-6-14(12-23)18(24)22-9-3-5-13(11-22)17-21-15-7-1-2-8-16(15)26-17/h1-2,7-8,13-14H,3-6,9-12H2,(H2,20,25). The highest BCUT2D eigenvalue weighted by molar-refractivity contribution is 7.18. The van der Waals surface area contributed by atoms with Gasteiger partial charge in [-0.3, -0.25) is 4.79 Å². The Bertz CT molecular complexity index is 788. The molecule has 2 atom stereocenters. The number of carbonyl (C=O) groups is 2. The molecule has 0 saturated carbocycles. The number of urea groups is 1. The van der Waals surface area contributed by atoms with E-state index < -0.39 is 6.03 Å². The Balaban J connectivity index is 1.46. The van der Waals surface area contributed by atoms with E-state index in [0.717, 1.165) is 49.3 Å². The number of hydrogen-bond donors (Lipinski definition) is 1. The summed E-state index contributed by atoms with van der Waals surface area (Å²) in [5, 5.41) is 1.13. The number of benzene rings is 1. The molecule has 0 radical (unpaired) electrons. The molecule has 0 aliphatic carbocycles. The largest absolute Gasteiger partial charge is 0.351 e. The average molecular weight is 372 g/mol. The van der Waals surface area contributed by atoms with Crippen molar-refractivity contribution < 1.29 is 9.59 Å². The molecular formula is C19H24N4O2S. The number of likely N-dealkylation sites (tertiary alicyclic amines) is 2. The molecule has 2 N–H and O–H groups in total. The predicted molar refractivity (Wildman–Crippen MR) is 102 cm³/mol. The molecule has 2 aliphatic heterocycles. The minimum absolute atomic E-state index is 0.120. The highest BCUT2D eigenvalue weighted by atomic mass is 32.1. The van der Waals surface area contributed by atoms with Crippen LogP contribution in [-0.4, -0.2) is 52.9 Å². The number of carbonyl (C=O) groups excluding carboxylic acids is 2. The fourth-order valence-electron chi connectivity index (χ4n) is 4.08. The van der Waals surface area contributed by atoms with Crippen molar-refractivity contribution in [2.75, 3.05) is 26.2 Å². The van der Waals surface area contributed by atoms with Crippen LogP contribution in [0.3, 0.4) is 0 Å². The van der Waals surface area contributed by atoms with Gasteiger partial charge in [0.25, 0.3) is 0 Å². The van der Waals surface area contributed by atoms with Crippen molar-refractivity contribution in [3.8, 4) is 0 Å². The molecule has 7 heteroatoms. The molecule has 3 heterocycles. The summed E-state index contributed by atoms with van der Waals surface area (Å²) in [4.78, 5) is 32.8. The molecule has 6 nitrogen and oxygen atoms in total. The Morgan fingerprint density at radius 2 is 1.85 bits per heavy atom. The summed E-state index contributed by atoms with van der Waals surface area (Å²) in [5.74, 6) is 0.355. The molecule has 2 unspecified atom stereocenters. The summed E-state index contributed by atoms with van der Waals surface area (Å²) in [5.41, 5.74) is 6.44. The second-order valence-corrected chi connectivity index (χ2v) is 8.33. The van der Waals surface area contributed by atoms with Crippen molar-refractivity contribution in [1.82, 2.24) is 14.8 Å². The van der Waals surface area contributed by atoms with E-state index in [0.29, 0.717) is 19.0 Å². The molecule has 4 rings (SSSR count). The van der Waals surface area contributed by atoms with Crippen LogP contribution in [0.15, 0.2) is 24.3 Å². The van der Waals surface area contributed by atoms with Gasteiger partial charge in [0, 0.05) is 32.1 Å². The van der Waals surface area contributed by atoms with E-state index in [4.69, 9.17) is 10.7 Å². The zero-order valence-corrected chi connectivity index (χ0v) is 15.6. The molecule has 1 aromatic carbocycles. The monoisotopic (exact) mass is 372 g/mol. The van der Waals surface area contributed by atoms with Gasteiger partial charge in [-0.1, -0.05) is 12.1 Å². The summed E-state index contributed by atoms with van der Waals surface area (Å²) in [6.45, 7) is 2.64. The highest BCUT2D eigenvalue weighted by Crippen LogP contribution is 2.33. The number of aromatic nitrogens is 1. The van der Waals surface area contributed by atoms with Gasteiger partial charge >= 0.3 is 6.03 Å². The predicted octanol–water partition coefficient (Wildman–Crippen LogP) is 2.79. The van der Waals surface area contributed by atoms with Crippen molar-refractivity contribution >= 4 is 33.5 Å². The number of nitrogens with two attached hydrogens (primary N) is 1. The number of rotatable bonds is 2. The van der Waals surface area contributed by atoms with E-state index in [9.17, 15) is 9.59 Å². The number of fused-ring (bicyclic) bond motifs is 1. The summed E-state index contributed by atoms with van der Waals surface area (Å²) < 4.78 is 1.20. The van der Waals surface area contributed by atoms with Crippen molar-refractivity contribution in [3.05, 3.63) is 29.3 Å². The van der Waals surface area contributed by atoms with E-state index in [2.05, 4.69) is 6.07 Å². The zero-order chi connectivity index (χ0) is 18.1. The van der Waals surface area contributed by atoms with Crippen molar-refractivity contribution in [3.63, 3.8) is 0 Å². The van der Waals surface area contributed by atoms with Gasteiger partial charge in [0.1, 0.15) is 0 Å². The molecule has 2 aromatic rings. The third-order valence-electron chi connectivity index (χ3n) is 5.48. The third-order valence-corrected chi connectivity index (χ3v) is 6.67. The molecule has 2 saturated heterocycles. The molecule has 138 valence electrons. The van der Waals surface area contributed by atoms with Gasteiger partial charge in [0.2, 0.25) is 5.91 Å². The fraction of sp³-hybridized carbons (Fsp3) is 0.526. The molecule has 2 fully saturated rings. The smallest absolute Gasteiger partial charge is 0.314 e. The lowest BCUT2D eigenvalue weighted by atomic mass is 9.93. The quantitative estimate of drug-likeness (QED) is 0.880. The van der Waals surface area contributed by atoms with Gasteiger partial charge in [-0.15, -0.1) is 11.3 Å². The number of nitrogens with zero attached hydrogens (tertiary/aromatic N) is 3. The number of piperidine rings is 2. The van der Waals surface area contributed by atoms with Crippen LogP contribution in [0.1, 0.15) is 36.6 Å². The van der Waals surface area contributed by atoms with Crippen molar-refractivity contribution in [1.29, 1.82) is 0 Å². The van der Waals surface area contributed by atoms with Gasteiger partial charge in [0.05, 0.1) is 21.1 Å². The first-order valence-electron chi connectivity index (χ1n) is 9.30. The van der Waals surface area contributed by atoms with Gasteiger partial charge in [-0.05, 0) is 37.8 Å². The van der Waals surface area contributed by atoms with E-state index in [-0.39, 0.29) is 11.8 Å². The maximum Gasteiger partial charge on any atom is 0.314 e. The summed E-state index contributed by atoms with van der Waals surface area (Å²) in [6.07, 6.45) is 3.75. The van der Waals surface area contributed by atoms with E-state index >= 15 is 0 Å². The number of para-hydroxylation sites is 1. The number of thiazole rings is 1. The Kier molecular flexibility index (Phi) is 4.80. The molecule has 2 aliphatic rings. The molecule has 0 bridgehead atoms. The SMILES string of the molecule is NC(=O)N1CCCC(C(=O)N2CCCC(c3nc4ccccc4s3)C2)C1. The Labute approximate surface area is 157 Å². The molecule has 26 heavy (non-hydrogen) atoms. The van der Waals surface area contributed by atoms with Gasteiger partial charge in [-0.25, -0.2) is 9.78 Å². The van der Waals surface area contributed by atoms with Crippen LogP contribution in [0.25, 0.3) is 10.2 Å². The highest BCUT2D eigenvalue weighted by Gasteiger charge is 2.33. The van der Waals surface area contributed by atoms with Crippen LogP contribution in [0.2, 0.25) is 0 Å².